The number of fused-ring (bicyclic) bond motifs is 1. The Hall–Kier alpha value is -3.39. The first-order valence-electron chi connectivity index (χ1n) is 8.22. The average molecular weight is 377 g/mol. The van der Waals surface area contributed by atoms with Crippen LogP contribution in [0.2, 0.25) is 0 Å². The van der Waals surface area contributed by atoms with E-state index in [1.807, 2.05) is 30.3 Å². The number of nitrogens with one attached hydrogen (secondary N) is 1. The minimum atomic E-state index is -0.218. The number of benzene rings is 1. The summed E-state index contributed by atoms with van der Waals surface area (Å²) in [5, 5.41) is 3.87. The molecule has 4 aromatic rings. The Morgan fingerprint density at radius 1 is 1.19 bits per heavy atom. The lowest BCUT2D eigenvalue weighted by atomic mass is 10.2. The Bertz CT molecular complexity index is 1150. The molecule has 1 amide bonds. The summed E-state index contributed by atoms with van der Waals surface area (Å²) in [6, 6.07) is 12.8. The highest BCUT2D eigenvalue weighted by molar-refractivity contribution is 7.20. The van der Waals surface area contributed by atoms with Gasteiger partial charge in [-0.25, -0.2) is 15.0 Å². The van der Waals surface area contributed by atoms with Crippen LogP contribution in [-0.4, -0.2) is 25.4 Å². The van der Waals surface area contributed by atoms with E-state index in [1.54, 1.807) is 19.3 Å². The van der Waals surface area contributed by atoms with E-state index in [2.05, 4.69) is 20.3 Å². The number of hydrogen-bond donors (Lipinski definition) is 1. The van der Waals surface area contributed by atoms with Crippen LogP contribution in [0.25, 0.3) is 21.5 Å². The molecule has 27 heavy (non-hydrogen) atoms. The summed E-state index contributed by atoms with van der Waals surface area (Å²) >= 11 is 1.43. The molecular formula is C19H15N5O2S. The molecule has 0 aliphatic heterocycles. The lowest BCUT2D eigenvalue weighted by molar-refractivity contribution is 0.0953. The fourth-order valence-electron chi connectivity index (χ4n) is 2.66. The van der Waals surface area contributed by atoms with Crippen molar-refractivity contribution in [3.63, 3.8) is 0 Å². The largest absolute Gasteiger partial charge is 0.344 e. The first-order chi connectivity index (χ1) is 13.1. The van der Waals surface area contributed by atoms with E-state index < -0.39 is 0 Å². The molecule has 0 fully saturated rings. The van der Waals surface area contributed by atoms with Gasteiger partial charge in [-0.05, 0) is 23.6 Å². The SMILES string of the molecule is Cn1c(CNC(=O)c2cc3ccccc3s2)nc(-c2ccncn2)cc1=O. The van der Waals surface area contributed by atoms with Gasteiger partial charge in [0.15, 0.2) is 0 Å². The van der Waals surface area contributed by atoms with Gasteiger partial charge in [0.05, 0.1) is 22.8 Å². The molecule has 3 heterocycles. The van der Waals surface area contributed by atoms with Crippen molar-refractivity contribution in [2.45, 2.75) is 6.54 Å². The third-order valence-corrected chi connectivity index (χ3v) is 5.24. The molecule has 0 saturated carbocycles. The molecule has 1 N–H and O–H groups in total. The minimum absolute atomic E-state index is 0.137. The highest BCUT2D eigenvalue weighted by Gasteiger charge is 2.13. The molecule has 134 valence electrons. The third-order valence-electron chi connectivity index (χ3n) is 4.13. The molecule has 0 aliphatic rings. The number of rotatable bonds is 4. The van der Waals surface area contributed by atoms with E-state index in [-0.39, 0.29) is 18.0 Å². The number of aromatic nitrogens is 4. The molecule has 0 spiro atoms. The van der Waals surface area contributed by atoms with Gasteiger partial charge in [0.1, 0.15) is 12.2 Å². The fourth-order valence-corrected chi connectivity index (χ4v) is 3.64. The summed E-state index contributed by atoms with van der Waals surface area (Å²) in [6.45, 7) is 0.137. The van der Waals surface area contributed by atoms with Crippen LogP contribution in [0, 0.1) is 0 Å². The minimum Gasteiger partial charge on any atom is -0.344 e. The van der Waals surface area contributed by atoms with Crippen LogP contribution >= 0.6 is 11.3 Å². The molecular weight excluding hydrogens is 362 g/mol. The highest BCUT2D eigenvalue weighted by Crippen LogP contribution is 2.25. The quantitative estimate of drug-likeness (QED) is 0.590. The molecule has 3 aromatic heterocycles. The molecule has 4 rings (SSSR count). The zero-order chi connectivity index (χ0) is 18.8. The molecule has 0 bridgehead atoms. The zero-order valence-electron chi connectivity index (χ0n) is 14.4. The fraction of sp³-hybridized carbons (Fsp3) is 0.105. The topological polar surface area (TPSA) is 89.8 Å². The summed E-state index contributed by atoms with van der Waals surface area (Å²) in [5.41, 5.74) is 0.788. The van der Waals surface area contributed by atoms with Gasteiger partial charge < -0.3 is 5.32 Å². The van der Waals surface area contributed by atoms with Crippen LogP contribution < -0.4 is 10.9 Å². The lowest BCUT2D eigenvalue weighted by Gasteiger charge is -2.10. The van der Waals surface area contributed by atoms with Crippen molar-refractivity contribution >= 4 is 27.3 Å². The standard InChI is InChI=1S/C19H15N5O2S/c1-24-17(23-14(9-18(24)25)13-6-7-20-11-22-13)10-21-19(26)16-8-12-4-2-3-5-15(12)27-16/h2-9,11H,10H2,1H3,(H,21,26). The lowest BCUT2D eigenvalue weighted by Crippen LogP contribution is -2.29. The maximum Gasteiger partial charge on any atom is 0.261 e. The van der Waals surface area contributed by atoms with E-state index >= 15 is 0 Å². The molecule has 0 atom stereocenters. The normalized spacial score (nSPS) is 10.9. The summed E-state index contributed by atoms with van der Waals surface area (Å²) in [4.78, 5) is 37.8. The van der Waals surface area contributed by atoms with Crippen LogP contribution in [0.4, 0.5) is 0 Å². The number of nitrogens with zero attached hydrogens (tertiary/aromatic N) is 4. The number of thiophene rings is 1. The third kappa shape index (κ3) is 3.47. The second kappa shape index (κ2) is 7.08. The predicted molar refractivity (Wildman–Crippen MR) is 103 cm³/mol. The van der Waals surface area contributed by atoms with Gasteiger partial charge in [0, 0.05) is 24.0 Å². The number of carbonyl (C=O) groups is 1. The van der Waals surface area contributed by atoms with Gasteiger partial charge in [-0.2, -0.15) is 0 Å². The summed E-state index contributed by atoms with van der Waals surface area (Å²) < 4.78 is 2.47. The van der Waals surface area contributed by atoms with Crippen molar-refractivity contribution in [1.82, 2.24) is 24.8 Å². The Kier molecular flexibility index (Phi) is 4.47. The monoisotopic (exact) mass is 377 g/mol. The molecule has 0 radical (unpaired) electrons. The number of amides is 1. The van der Waals surface area contributed by atoms with Gasteiger partial charge >= 0.3 is 0 Å². The van der Waals surface area contributed by atoms with Gasteiger partial charge in [-0.15, -0.1) is 11.3 Å². The van der Waals surface area contributed by atoms with Crippen molar-refractivity contribution in [2.24, 2.45) is 7.05 Å². The van der Waals surface area contributed by atoms with Crippen LogP contribution in [-0.2, 0) is 13.6 Å². The van der Waals surface area contributed by atoms with E-state index in [0.29, 0.717) is 22.1 Å². The van der Waals surface area contributed by atoms with E-state index in [9.17, 15) is 9.59 Å². The molecule has 1 aromatic carbocycles. The van der Waals surface area contributed by atoms with Crippen LogP contribution in [0.1, 0.15) is 15.5 Å². The summed E-state index contributed by atoms with van der Waals surface area (Å²) in [5.74, 6) is 0.253. The predicted octanol–water partition coefficient (Wildman–Crippen LogP) is 2.38. The smallest absolute Gasteiger partial charge is 0.261 e. The Morgan fingerprint density at radius 3 is 2.81 bits per heavy atom. The number of hydrogen-bond acceptors (Lipinski definition) is 6. The Morgan fingerprint density at radius 2 is 2.04 bits per heavy atom. The maximum absolute atomic E-state index is 12.5. The van der Waals surface area contributed by atoms with Gasteiger partial charge in [-0.3, -0.25) is 14.2 Å². The summed E-state index contributed by atoms with van der Waals surface area (Å²) in [6.07, 6.45) is 2.99. The van der Waals surface area contributed by atoms with Crippen LogP contribution in [0.3, 0.4) is 0 Å². The molecule has 8 heteroatoms. The van der Waals surface area contributed by atoms with E-state index in [0.717, 1.165) is 10.1 Å². The second-order valence-electron chi connectivity index (χ2n) is 5.88. The van der Waals surface area contributed by atoms with E-state index in [4.69, 9.17) is 0 Å². The van der Waals surface area contributed by atoms with Crippen molar-refractivity contribution in [2.75, 3.05) is 0 Å². The Labute approximate surface area is 158 Å². The van der Waals surface area contributed by atoms with Crippen molar-refractivity contribution in [3.05, 3.63) is 76.0 Å². The first kappa shape index (κ1) is 17.0. The maximum atomic E-state index is 12.5. The van der Waals surface area contributed by atoms with Crippen molar-refractivity contribution in [1.29, 1.82) is 0 Å². The van der Waals surface area contributed by atoms with Crippen LogP contribution in [0.5, 0.6) is 0 Å². The molecule has 0 unspecified atom stereocenters. The van der Waals surface area contributed by atoms with Gasteiger partial charge in [0.25, 0.3) is 11.5 Å². The zero-order valence-corrected chi connectivity index (χ0v) is 15.2. The van der Waals surface area contributed by atoms with Crippen molar-refractivity contribution < 1.29 is 4.79 Å². The van der Waals surface area contributed by atoms with Crippen molar-refractivity contribution in [3.8, 4) is 11.4 Å². The number of carbonyl (C=O) groups excluding carboxylic acids is 1. The molecule has 0 aliphatic carbocycles. The van der Waals surface area contributed by atoms with Crippen LogP contribution in [0.15, 0.2) is 59.8 Å². The summed E-state index contributed by atoms with van der Waals surface area (Å²) in [7, 11) is 1.63. The highest BCUT2D eigenvalue weighted by atomic mass is 32.1. The molecule has 0 saturated heterocycles. The molecule has 7 nitrogen and oxygen atoms in total. The van der Waals surface area contributed by atoms with Gasteiger partial charge in [-0.1, -0.05) is 18.2 Å². The first-order valence-corrected chi connectivity index (χ1v) is 9.03. The average Bonchev–Trinajstić information content (AvgIpc) is 3.14. The second-order valence-corrected chi connectivity index (χ2v) is 6.96. The van der Waals surface area contributed by atoms with Gasteiger partial charge in [0.2, 0.25) is 0 Å². The van der Waals surface area contributed by atoms with E-state index in [1.165, 1.54) is 28.3 Å². The Balaban J connectivity index is 1.58.